The number of halogens is 1. The third kappa shape index (κ3) is 4.50. The second-order valence-corrected chi connectivity index (χ2v) is 9.36. The van der Waals surface area contributed by atoms with Crippen molar-refractivity contribution in [3.63, 3.8) is 0 Å². The van der Waals surface area contributed by atoms with E-state index in [1.165, 1.54) is 31.2 Å². The second-order valence-electron chi connectivity index (χ2n) is 7.38. The number of esters is 1. The fourth-order valence-electron chi connectivity index (χ4n) is 3.59. The van der Waals surface area contributed by atoms with Gasteiger partial charge in [-0.15, -0.1) is 4.40 Å². The first-order valence-corrected chi connectivity index (χ1v) is 11.9. The number of para-hydroxylation sites is 1. The Morgan fingerprint density at radius 1 is 1.12 bits per heavy atom. The quantitative estimate of drug-likeness (QED) is 0.280. The van der Waals surface area contributed by atoms with Crippen molar-refractivity contribution in [3.05, 3.63) is 98.6 Å². The minimum Gasteiger partial charge on any atom is -0.460 e. The van der Waals surface area contributed by atoms with Gasteiger partial charge in [-0.3, -0.25) is 10.1 Å². The maximum Gasteiger partial charge on any atom is 0.338 e. The molecule has 0 amide bonds. The molecular formula is C23H18ClN3O6S. The number of anilines is 1. The highest BCUT2D eigenvalue weighted by molar-refractivity contribution is 7.90. The molecule has 0 fully saturated rings. The van der Waals surface area contributed by atoms with Crippen molar-refractivity contribution in [1.29, 1.82) is 0 Å². The van der Waals surface area contributed by atoms with Gasteiger partial charge in [0, 0.05) is 17.2 Å². The van der Waals surface area contributed by atoms with E-state index in [9.17, 15) is 23.3 Å². The van der Waals surface area contributed by atoms with E-state index < -0.39 is 20.9 Å². The number of fused-ring (bicyclic) bond motifs is 1. The zero-order chi connectivity index (χ0) is 24.5. The van der Waals surface area contributed by atoms with Gasteiger partial charge in [0.2, 0.25) is 0 Å². The molecule has 0 unspecified atom stereocenters. The molecule has 0 saturated carbocycles. The minimum atomic E-state index is -3.88. The van der Waals surface area contributed by atoms with Crippen LogP contribution in [0.1, 0.15) is 21.5 Å². The molecule has 0 aliphatic carbocycles. The van der Waals surface area contributed by atoms with Crippen LogP contribution in [0.15, 0.2) is 76.0 Å². The van der Waals surface area contributed by atoms with Crippen LogP contribution in [0.4, 0.5) is 11.4 Å². The molecule has 1 heterocycles. The Bertz CT molecular complexity index is 1440. The average molecular weight is 500 g/mol. The number of benzene rings is 3. The summed E-state index contributed by atoms with van der Waals surface area (Å²) in [6.45, 7) is 1.47. The summed E-state index contributed by atoms with van der Waals surface area (Å²) in [6.07, 6.45) is 0. The van der Waals surface area contributed by atoms with Gasteiger partial charge < -0.3 is 9.64 Å². The lowest BCUT2D eigenvalue weighted by molar-refractivity contribution is -0.385. The molecule has 1 aliphatic heterocycles. The summed E-state index contributed by atoms with van der Waals surface area (Å²) in [5.41, 5.74) is 1.31. The predicted octanol–water partition coefficient (Wildman–Crippen LogP) is 4.37. The normalized spacial score (nSPS) is 13.6. The average Bonchev–Trinajstić information content (AvgIpc) is 3.08. The Morgan fingerprint density at radius 3 is 2.53 bits per heavy atom. The molecular weight excluding hydrogens is 482 g/mol. The summed E-state index contributed by atoms with van der Waals surface area (Å²) >= 11 is 6.38. The third-order valence-electron chi connectivity index (χ3n) is 5.19. The smallest absolute Gasteiger partial charge is 0.338 e. The number of sulfonamides is 1. The number of rotatable bonds is 6. The van der Waals surface area contributed by atoms with Gasteiger partial charge in [-0.1, -0.05) is 35.9 Å². The molecule has 0 spiro atoms. The standard InChI is InChI=1S/C23H18ClN3O6S/c1-15-14-16(10-11-19(15)27(29)30)23(28)33-13-12-26(20-8-4-3-7-18(20)24)22-17-6-2-5-9-21(17)34(31,32)25-22/h2-11,14H,12-13H2,1H3. The van der Waals surface area contributed by atoms with E-state index in [1.54, 1.807) is 47.4 Å². The molecule has 11 heteroatoms. The van der Waals surface area contributed by atoms with Crippen molar-refractivity contribution in [2.24, 2.45) is 4.40 Å². The van der Waals surface area contributed by atoms with Crippen molar-refractivity contribution in [2.75, 3.05) is 18.1 Å². The number of nitro benzene ring substituents is 1. The summed E-state index contributed by atoms with van der Waals surface area (Å²) in [5, 5.41) is 11.4. The van der Waals surface area contributed by atoms with Crippen LogP contribution in [0.25, 0.3) is 0 Å². The molecule has 0 aromatic heterocycles. The number of aryl methyl sites for hydroxylation is 1. The summed E-state index contributed by atoms with van der Waals surface area (Å²) < 4.78 is 34.5. The molecule has 3 aromatic carbocycles. The van der Waals surface area contributed by atoms with E-state index >= 15 is 0 Å². The SMILES string of the molecule is Cc1cc(C(=O)OCCN(C2=NS(=O)(=O)c3ccccc32)c2ccccc2Cl)ccc1[N+](=O)[O-]. The monoisotopic (exact) mass is 499 g/mol. The van der Waals surface area contributed by atoms with Gasteiger partial charge in [0.15, 0.2) is 5.84 Å². The molecule has 0 saturated heterocycles. The van der Waals surface area contributed by atoms with Crippen LogP contribution in [0.3, 0.4) is 0 Å². The van der Waals surface area contributed by atoms with Crippen LogP contribution >= 0.6 is 11.6 Å². The lowest BCUT2D eigenvalue weighted by Gasteiger charge is -2.25. The molecule has 3 aromatic rings. The van der Waals surface area contributed by atoms with Crippen LogP contribution in [0.5, 0.6) is 0 Å². The number of nitrogens with zero attached hydrogens (tertiary/aromatic N) is 3. The van der Waals surface area contributed by atoms with E-state index in [2.05, 4.69) is 4.40 Å². The maximum atomic E-state index is 12.6. The van der Waals surface area contributed by atoms with Crippen LogP contribution < -0.4 is 4.90 Å². The predicted molar refractivity (Wildman–Crippen MR) is 127 cm³/mol. The largest absolute Gasteiger partial charge is 0.460 e. The Morgan fingerprint density at radius 2 is 1.82 bits per heavy atom. The number of hydrogen-bond donors (Lipinski definition) is 0. The highest BCUT2D eigenvalue weighted by atomic mass is 35.5. The van der Waals surface area contributed by atoms with E-state index in [4.69, 9.17) is 16.3 Å². The van der Waals surface area contributed by atoms with Crippen LogP contribution in [0, 0.1) is 17.0 Å². The number of hydrogen-bond acceptors (Lipinski definition) is 7. The van der Waals surface area contributed by atoms with Gasteiger partial charge >= 0.3 is 5.97 Å². The van der Waals surface area contributed by atoms with Crippen molar-refractivity contribution in [3.8, 4) is 0 Å². The topological polar surface area (TPSA) is 119 Å². The van der Waals surface area contributed by atoms with Crippen molar-refractivity contribution >= 4 is 44.8 Å². The van der Waals surface area contributed by atoms with Gasteiger partial charge in [-0.25, -0.2) is 4.79 Å². The zero-order valence-corrected chi connectivity index (χ0v) is 19.4. The van der Waals surface area contributed by atoms with Crippen molar-refractivity contribution < 1.29 is 22.9 Å². The van der Waals surface area contributed by atoms with Crippen molar-refractivity contribution in [1.82, 2.24) is 0 Å². The molecule has 9 nitrogen and oxygen atoms in total. The van der Waals surface area contributed by atoms with Gasteiger partial charge in [0.1, 0.15) is 11.5 Å². The summed E-state index contributed by atoms with van der Waals surface area (Å²) in [5.74, 6) is -0.496. The maximum absolute atomic E-state index is 12.6. The minimum absolute atomic E-state index is 0.0596. The van der Waals surface area contributed by atoms with E-state index in [0.717, 1.165) is 0 Å². The first-order chi connectivity index (χ1) is 16.2. The molecule has 4 rings (SSSR count). The first-order valence-electron chi connectivity index (χ1n) is 10.1. The highest BCUT2D eigenvalue weighted by Crippen LogP contribution is 2.33. The Balaban J connectivity index is 1.59. The van der Waals surface area contributed by atoms with E-state index in [0.29, 0.717) is 21.8 Å². The fourth-order valence-corrected chi connectivity index (χ4v) is 5.04. The summed E-state index contributed by atoms with van der Waals surface area (Å²) in [4.78, 5) is 24.7. The van der Waals surface area contributed by atoms with Gasteiger partial charge in [-0.2, -0.15) is 8.42 Å². The molecule has 0 bridgehead atoms. The van der Waals surface area contributed by atoms with Gasteiger partial charge in [-0.05, 0) is 43.3 Å². The Labute approximate surface area is 200 Å². The van der Waals surface area contributed by atoms with Crippen LogP contribution in [-0.4, -0.2) is 38.3 Å². The van der Waals surface area contributed by atoms with Gasteiger partial charge in [0.05, 0.1) is 27.7 Å². The molecule has 0 atom stereocenters. The molecule has 0 radical (unpaired) electrons. The molecule has 34 heavy (non-hydrogen) atoms. The molecule has 174 valence electrons. The molecule has 1 aliphatic rings. The summed E-state index contributed by atoms with van der Waals surface area (Å²) in [6, 6.07) is 17.2. The highest BCUT2D eigenvalue weighted by Gasteiger charge is 2.33. The Hall–Kier alpha value is -3.76. The summed E-state index contributed by atoms with van der Waals surface area (Å²) in [7, 11) is -3.88. The second kappa shape index (κ2) is 9.24. The third-order valence-corrected chi connectivity index (χ3v) is 6.83. The lowest BCUT2D eigenvalue weighted by atomic mass is 10.1. The van der Waals surface area contributed by atoms with Crippen LogP contribution in [-0.2, 0) is 14.8 Å². The lowest BCUT2D eigenvalue weighted by Crippen LogP contribution is -2.34. The van der Waals surface area contributed by atoms with E-state index in [-0.39, 0.29) is 35.1 Å². The number of amidine groups is 1. The fraction of sp³-hybridized carbons (Fsp3) is 0.130. The number of nitro groups is 1. The number of ether oxygens (including phenoxy) is 1. The van der Waals surface area contributed by atoms with E-state index in [1.807, 2.05) is 0 Å². The number of carbonyl (C=O) groups excluding carboxylic acids is 1. The van der Waals surface area contributed by atoms with Gasteiger partial charge in [0.25, 0.3) is 15.7 Å². The first kappa shape index (κ1) is 23.4. The molecule has 0 N–H and O–H groups in total. The van der Waals surface area contributed by atoms with Crippen molar-refractivity contribution in [2.45, 2.75) is 11.8 Å². The van der Waals surface area contributed by atoms with Crippen LogP contribution in [0.2, 0.25) is 5.02 Å². The zero-order valence-electron chi connectivity index (χ0n) is 17.8. The number of carbonyl (C=O) groups is 1. The Kier molecular flexibility index (Phi) is 6.36.